The Kier molecular flexibility index (Phi) is 3.89. The lowest BCUT2D eigenvalue weighted by molar-refractivity contribution is 0.215. The molecular formula is C15H22N4S. The molecule has 0 bridgehead atoms. The van der Waals surface area contributed by atoms with Crippen molar-refractivity contribution in [1.82, 2.24) is 14.9 Å². The highest BCUT2D eigenvalue weighted by Gasteiger charge is 2.34. The van der Waals surface area contributed by atoms with Gasteiger partial charge in [0.15, 0.2) is 0 Å². The number of aromatic nitrogens is 2. The van der Waals surface area contributed by atoms with Crippen LogP contribution in [0.4, 0.5) is 5.82 Å². The van der Waals surface area contributed by atoms with Crippen LogP contribution in [0.25, 0.3) is 10.2 Å². The molecular weight excluding hydrogens is 268 g/mol. The molecule has 1 saturated carbocycles. The van der Waals surface area contributed by atoms with Gasteiger partial charge in [0, 0.05) is 18.5 Å². The van der Waals surface area contributed by atoms with E-state index in [1.807, 2.05) is 0 Å². The van der Waals surface area contributed by atoms with E-state index in [1.165, 1.54) is 25.7 Å². The van der Waals surface area contributed by atoms with E-state index in [9.17, 15) is 0 Å². The lowest BCUT2D eigenvalue weighted by atomic mass is 9.85. The zero-order chi connectivity index (χ0) is 14.0. The SMILES string of the molecule is CN(C)CC1(CNc2ncnc3sccc23)CCCC1. The topological polar surface area (TPSA) is 41.0 Å². The molecule has 0 radical (unpaired) electrons. The molecule has 0 atom stereocenters. The van der Waals surface area contributed by atoms with E-state index in [0.29, 0.717) is 5.41 Å². The van der Waals surface area contributed by atoms with Crippen molar-refractivity contribution in [2.75, 3.05) is 32.5 Å². The molecule has 1 fully saturated rings. The van der Waals surface area contributed by atoms with Gasteiger partial charge in [-0.05, 0) is 38.4 Å². The van der Waals surface area contributed by atoms with Crippen molar-refractivity contribution in [1.29, 1.82) is 0 Å². The Labute approximate surface area is 124 Å². The highest BCUT2D eigenvalue weighted by Crippen LogP contribution is 2.39. The average molecular weight is 290 g/mol. The quantitative estimate of drug-likeness (QED) is 0.918. The number of thiophene rings is 1. The molecule has 0 aromatic carbocycles. The maximum Gasteiger partial charge on any atom is 0.138 e. The third-order valence-electron chi connectivity index (χ3n) is 4.21. The molecule has 1 N–H and O–H groups in total. The third kappa shape index (κ3) is 2.79. The summed E-state index contributed by atoms with van der Waals surface area (Å²) in [6.07, 6.45) is 7.00. The maximum atomic E-state index is 4.42. The number of fused-ring (bicyclic) bond motifs is 1. The molecule has 0 unspecified atom stereocenters. The fourth-order valence-electron chi connectivity index (χ4n) is 3.39. The predicted octanol–water partition coefficient (Wildman–Crippen LogP) is 3.23. The molecule has 2 heterocycles. The van der Waals surface area contributed by atoms with Crippen LogP contribution in [0.1, 0.15) is 25.7 Å². The van der Waals surface area contributed by atoms with Gasteiger partial charge in [0.1, 0.15) is 17.0 Å². The van der Waals surface area contributed by atoms with Crippen molar-refractivity contribution >= 4 is 27.4 Å². The van der Waals surface area contributed by atoms with Crippen molar-refractivity contribution in [2.45, 2.75) is 25.7 Å². The van der Waals surface area contributed by atoms with Crippen LogP contribution in [-0.4, -0.2) is 42.1 Å². The minimum absolute atomic E-state index is 0.400. The second kappa shape index (κ2) is 5.66. The van der Waals surface area contributed by atoms with Gasteiger partial charge in [-0.15, -0.1) is 11.3 Å². The van der Waals surface area contributed by atoms with Gasteiger partial charge in [0.25, 0.3) is 0 Å². The standard InChI is InChI=1S/C15H22N4S/c1-19(2)10-15(6-3-4-7-15)9-16-13-12-5-8-20-14(12)18-11-17-13/h5,8,11H,3-4,6-7,9-10H2,1-2H3,(H,16,17,18). The van der Waals surface area contributed by atoms with Gasteiger partial charge in [-0.25, -0.2) is 9.97 Å². The number of hydrogen-bond donors (Lipinski definition) is 1. The normalized spacial score (nSPS) is 17.9. The monoisotopic (exact) mass is 290 g/mol. The second-order valence-electron chi connectivity index (χ2n) is 6.16. The van der Waals surface area contributed by atoms with Crippen molar-refractivity contribution in [3.8, 4) is 0 Å². The number of hydrogen-bond acceptors (Lipinski definition) is 5. The highest BCUT2D eigenvalue weighted by molar-refractivity contribution is 7.16. The molecule has 0 saturated heterocycles. The number of nitrogens with zero attached hydrogens (tertiary/aromatic N) is 3. The molecule has 5 heteroatoms. The van der Waals surface area contributed by atoms with E-state index >= 15 is 0 Å². The molecule has 108 valence electrons. The average Bonchev–Trinajstić information content (AvgIpc) is 3.05. The largest absolute Gasteiger partial charge is 0.369 e. The van der Waals surface area contributed by atoms with E-state index < -0.39 is 0 Å². The number of rotatable bonds is 5. The lowest BCUT2D eigenvalue weighted by Gasteiger charge is -2.32. The molecule has 20 heavy (non-hydrogen) atoms. The minimum Gasteiger partial charge on any atom is -0.369 e. The van der Waals surface area contributed by atoms with Crippen LogP contribution >= 0.6 is 11.3 Å². The Morgan fingerprint density at radius 3 is 2.85 bits per heavy atom. The number of anilines is 1. The first-order valence-electron chi connectivity index (χ1n) is 7.25. The van der Waals surface area contributed by atoms with Gasteiger partial charge in [-0.2, -0.15) is 0 Å². The maximum absolute atomic E-state index is 4.42. The molecule has 1 aliphatic carbocycles. The van der Waals surface area contributed by atoms with Crippen molar-refractivity contribution in [3.05, 3.63) is 17.8 Å². The summed E-state index contributed by atoms with van der Waals surface area (Å²) in [5.41, 5.74) is 0.400. The van der Waals surface area contributed by atoms with Crippen LogP contribution < -0.4 is 5.32 Å². The van der Waals surface area contributed by atoms with Crippen LogP contribution in [0.3, 0.4) is 0 Å². The molecule has 2 aromatic heterocycles. The summed E-state index contributed by atoms with van der Waals surface area (Å²) >= 11 is 1.67. The first-order chi connectivity index (χ1) is 9.69. The summed E-state index contributed by atoms with van der Waals surface area (Å²) in [5, 5.41) is 6.82. The fraction of sp³-hybridized carbons (Fsp3) is 0.600. The smallest absolute Gasteiger partial charge is 0.138 e. The fourth-order valence-corrected chi connectivity index (χ4v) is 4.12. The van der Waals surface area contributed by atoms with Gasteiger partial charge in [-0.1, -0.05) is 12.8 Å². The van der Waals surface area contributed by atoms with Crippen LogP contribution in [-0.2, 0) is 0 Å². The summed E-state index contributed by atoms with van der Waals surface area (Å²) < 4.78 is 0. The molecule has 3 rings (SSSR count). The van der Waals surface area contributed by atoms with Crippen LogP contribution in [0.5, 0.6) is 0 Å². The Hall–Kier alpha value is -1.20. The molecule has 0 amide bonds. The van der Waals surface area contributed by atoms with Gasteiger partial charge < -0.3 is 10.2 Å². The summed E-state index contributed by atoms with van der Waals surface area (Å²) in [6, 6.07) is 2.11. The molecule has 0 aliphatic heterocycles. The third-order valence-corrected chi connectivity index (χ3v) is 5.03. The summed E-state index contributed by atoms with van der Waals surface area (Å²) in [6.45, 7) is 2.16. The minimum atomic E-state index is 0.400. The summed E-state index contributed by atoms with van der Waals surface area (Å²) in [4.78, 5) is 12.1. The van der Waals surface area contributed by atoms with Gasteiger partial charge in [0.2, 0.25) is 0 Å². The van der Waals surface area contributed by atoms with Gasteiger partial charge in [0.05, 0.1) is 5.39 Å². The van der Waals surface area contributed by atoms with Crippen LogP contribution in [0.15, 0.2) is 17.8 Å². The molecule has 1 aliphatic rings. The Bertz CT molecular complexity index is 572. The van der Waals surface area contributed by atoms with Crippen molar-refractivity contribution in [2.24, 2.45) is 5.41 Å². The van der Waals surface area contributed by atoms with E-state index in [4.69, 9.17) is 0 Å². The summed E-state index contributed by atoms with van der Waals surface area (Å²) in [5.74, 6) is 0.987. The molecule has 2 aromatic rings. The van der Waals surface area contributed by atoms with Crippen LogP contribution in [0.2, 0.25) is 0 Å². The lowest BCUT2D eigenvalue weighted by Crippen LogP contribution is -2.37. The first-order valence-corrected chi connectivity index (χ1v) is 8.13. The van der Waals surface area contributed by atoms with E-state index in [1.54, 1.807) is 17.7 Å². The first kappa shape index (κ1) is 13.8. The van der Waals surface area contributed by atoms with Crippen molar-refractivity contribution in [3.63, 3.8) is 0 Å². The van der Waals surface area contributed by atoms with E-state index in [2.05, 4.69) is 45.7 Å². The second-order valence-corrected chi connectivity index (χ2v) is 7.05. The van der Waals surface area contributed by atoms with Crippen LogP contribution in [0, 0.1) is 5.41 Å². The summed E-state index contributed by atoms with van der Waals surface area (Å²) in [7, 11) is 4.34. The van der Waals surface area contributed by atoms with Gasteiger partial charge >= 0.3 is 0 Å². The Morgan fingerprint density at radius 2 is 2.10 bits per heavy atom. The zero-order valence-corrected chi connectivity index (χ0v) is 13.0. The highest BCUT2D eigenvalue weighted by atomic mass is 32.1. The van der Waals surface area contributed by atoms with Gasteiger partial charge in [-0.3, -0.25) is 0 Å². The zero-order valence-electron chi connectivity index (χ0n) is 12.2. The molecule has 4 nitrogen and oxygen atoms in total. The van der Waals surface area contributed by atoms with E-state index in [-0.39, 0.29) is 0 Å². The predicted molar refractivity (Wildman–Crippen MR) is 85.4 cm³/mol. The Morgan fingerprint density at radius 1 is 1.30 bits per heavy atom. The molecule has 0 spiro atoms. The Balaban J connectivity index is 1.75. The van der Waals surface area contributed by atoms with E-state index in [0.717, 1.165) is 29.1 Å². The number of nitrogens with one attached hydrogen (secondary N) is 1. The van der Waals surface area contributed by atoms with Crippen molar-refractivity contribution < 1.29 is 0 Å².